The van der Waals surface area contributed by atoms with Crippen LogP contribution in [0.3, 0.4) is 0 Å². The van der Waals surface area contributed by atoms with E-state index in [-0.39, 0.29) is 4.90 Å². The zero-order valence-electron chi connectivity index (χ0n) is 12.0. The number of piperazine rings is 1. The van der Waals surface area contributed by atoms with Gasteiger partial charge in [0.1, 0.15) is 10.6 Å². The van der Waals surface area contributed by atoms with E-state index < -0.39 is 10.0 Å². The zero-order chi connectivity index (χ0) is 14.6. The van der Waals surface area contributed by atoms with Gasteiger partial charge in [-0.05, 0) is 26.8 Å². The molecule has 0 atom stereocenters. The van der Waals surface area contributed by atoms with Crippen LogP contribution in [-0.2, 0) is 10.0 Å². The van der Waals surface area contributed by atoms with E-state index in [9.17, 15) is 8.42 Å². The molecule has 8 heteroatoms. The Kier molecular flexibility index (Phi) is 5.14. The maximum Gasteiger partial charge on any atom is 0.245 e. The first kappa shape index (κ1) is 15.4. The van der Waals surface area contributed by atoms with Gasteiger partial charge in [-0.2, -0.15) is 0 Å². The second kappa shape index (κ2) is 6.66. The van der Waals surface area contributed by atoms with Gasteiger partial charge in [0.25, 0.3) is 0 Å². The SMILES string of the molecule is Cc1noc(C)c1S(=O)(=O)NCCCN1CCNCC1. The van der Waals surface area contributed by atoms with Crippen LogP contribution in [-0.4, -0.2) is 57.7 Å². The summed E-state index contributed by atoms with van der Waals surface area (Å²) in [5, 5.41) is 6.96. The topological polar surface area (TPSA) is 87.5 Å². The number of sulfonamides is 1. The molecule has 7 nitrogen and oxygen atoms in total. The summed E-state index contributed by atoms with van der Waals surface area (Å²) in [5.74, 6) is 0.331. The van der Waals surface area contributed by atoms with Crippen molar-refractivity contribution in [2.45, 2.75) is 25.2 Å². The minimum absolute atomic E-state index is 0.166. The summed E-state index contributed by atoms with van der Waals surface area (Å²) in [5.41, 5.74) is 0.400. The molecule has 114 valence electrons. The predicted molar refractivity (Wildman–Crippen MR) is 75.1 cm³/mol. The van der Waals surface area contributed by atoms with Gasteiger partial charge in [0.15, 0.2) is 5.76 Å². The predicted octanol–water partition coefficient (Wildman–Crippen LogP) is -0.135. The van der Waals surface area contributed by atoms with E-state index in [1.165, 1.54) is 0 Å². The molecule has 2 rings (SSSR count). The van der Waals surface area contributed by atoms with Crippen molar-refractivity contribution in [2.75, 3.05) is 39.3 Å². The van der Waals surface area contributed by atoms with Crippen LogP contribution < -0.4 is 10.0 Å². The second-order valence-electron chi connectivity index (χ2n) is 5.00. The van der Waals surface area contributed by atoms with Crippen molar-refractivity contribution >= 4 is 10.0 Å². The minimum atomic E-state index is -3.52. The van der Waals surface area contributed by atoms with E-state index in [1.807, 2.05) is 0 Å². The maximum absolute atomic E-state index is 12.2. The van der Waals surface area contributed by atoms with Gasteiger partial charge in [-0.25, -0.2) is 13.1 Å². The highest BCUT2D eigenvalue weighted by molar-refractivity contribution is 7.89. The lowest BCUT2D eigenvalue weighted by Gasteiger charge is -2.27. The largest absolute Gasteiger partial charge is 0.360 e. The van der Waals surface area contributed by atoms with Gasteiger partial charge in [0.2, 0.25) is 10.0 Å². The lowest BCUT2D eigenvalue weighted by Crippen LogP contribution is -2.44. The van der Waals surface area contributed by atoms with Crippen LogP contribution in [0.2, 0.25) is 0 Å². The van der Waals surface area contributed by atoms with Crippen molar-refractivity contribution in [3.05, 3.63) is 11.5 Å². The fraction of sp³-hybridized carbons (Fsp3) is 0.750. The number of hydrogen-bond acceptors (Lipinski definition) is 6. The molecule has 0 spiro atoms. The summed E-state index contributed by atoms with van der Waals surface area (Å²) in [4.78, 5) is 2.50. The Balaban J connectivity index is 1.81. The Morgan fingerprint density at radius 2 is 2.05 bits per heavy atom. The smallest absolute Gasteiger partial charge is 0.245 e. The molecule has 0 aromatic carbocycles. The normalized spacial score (nSPS) is 17.5. The van der Waals surface area contributed by atoms with Crippen LogP contribution in [0.15, 0.2) is 9.42 Å². The molecule has 1 aliphatic rings. The molecular weight excluding hydrogens is 280 g/mol. The quantitative estimate of drug-likeness (QED) is 0.712. The van der Waals surface area contributed by atoms with Gasteiger partial charge in [-0.1, -0.05) is 5.16 Å². The van der Waals surface area contributed by atoms with Crippen LogP contribution in [0.1, 0.15) is 17.9 Å². The van der Waals surface area contributed by atoms with Crippen molar-refractivity contribution in [1.82, 2.24) is 20.1 Å². The molecule has 1 saturated heterocycles. The second-order valence-corrected chi connectivity index (χ2v) is 6.70. The molecule has 0 amide bonds. The maximum atomic E-state index is 12.2. The van der Waals surface area contributed by atoms with Gasteiger partial charge in [0.05, 0.1) is 0 Å². The molecule has 2 N–H and O–H groups in total. The molecular formula is C12H22N4O3S. The summed E-state index contributed by atoms with van der Waals surface area (Å²) < 4.78 is 31.8. The average Bonchev–Trinajstić information content (AvgIpc) is 2.76. The fourth-order valence-electron chi connectivity index (χ4n) is 2.37. The van der Waals surface area contributed by atoms with Gasteiger partial charge in [0, 0.05) is 32.7 Å². The van der Waals surface area contributed by atoms with E-state index in [0.717, 1.165) is 39.1 Å². The third-order valence-electron chi connectivity index (χ3n) is 3.39. The molecule has 1 aliphatic heterocycles. The van der Waals surface area contributed by atoms with Crippen LogP contribution in [0, 0.1) is 13.8 Å². The first-order valence-electron chi connectivity index (χ1n) is 6.86. The van der Waals surface area contributed by atoms with Crippen LogP contribution in [0.25, 0.3) is 0 Å². The van der Waals surface area contributed by atoms with Crippen LogP contribution in [0.4, 0.5) is 0 Å². The van der Waals surface area contributed by atoms with Gasteiger partial charge < -0.3 is 14.7 Å². The molecule has 1 aromatic rings. The van der Waals surface area contributed by atoms with E-state index in [2.05, 4.69) is 20.1 Å². The van der Waals surface area contributed by atoms with Gasteiger partial charge >= 0.3 is 0 Å². The molecule has 20 heavy (non-hydrogen) atoms. The lowest BCUT2D eigenvalue weighted by molar-refractivity contribution is 0.239. The van der Waals surface area contributed by atoms with Crippen molar-refractivity contribution in [1.29, 1.82) is 0 Å². The minimum Gasteiger partial charge on any atom is -0.360 e. The zero-order valence-corrected chi connectivity index (χ0v) is 12.8. The summed E-state index contributed by atoms with van der Waals surface area (Å²) in [7, 11) is -3.52. The highest BCUT2D eigenvalue weighted by Crippen LogP contribution is 2.18. The molecule has 1 aromatic heterocycles. The van der Waals surface area contributed by atoms with Gasteiger partial charge in [-0.3, -0.25) is 0 Å². The molecule has 1 fully saturated rings. The highest BCUT2D eigenvalue weighted by atomic mass is 32.2. The molecule has 0 saturated carbocycles. The summed E-state index contributed by atoms with van der Waals surface area (Å²) >= 11 is 0. The first-order valence-corrected chi connectivity index (χ1v) is 8.34. The Bertz CT molecular complexity index is 515. The molecule has 2 heterocycles. The van der Waals surface area contributed by atoms with Crippen LogP contribution in [0.5, 0.6) is 0 Å². The monoisotopic (exact) mass is 302 g/mol. The molecule has 0 bridgehead atoms. The lowest BCUT2D eigenvalue weighted by atomic mass is 10.3. The molecule has 0 unspecified atom stereocenters. The van der Waals surface area contributed by atoms with Crippen molar-refractivity contribution < 1.29 is 12.9 Å². The summed E-state index contributed by atoms with van der Waals surface area (Å²) in [6.07, 6.45) is 0.794. The van der Waals surface area contributed by atoms with Crippen molar-refractivity contribution in [3.63, 3.8) is 0 Å². The number of nitrogens with one attached hydrogen (secondary N) is 2. The Morgan fingerprint density at radius 3 is 2.65 bits per heavy atom. The summed E-state index contributed by atoms with van der Waals surface area (Å²) in [6.45, 7) is 8.63. The third kappa shape index (κ3) is 3.78. The Hall–Kier alpha value is -0.960. The van der Waals surface area contributed by atoms with E-state index in [0.29, 0.717) is 18.0 Å². The van der Waals surface area contributed by atoms with Crippen molar-refractivity contribution in [2.24, 2.45) is 0 Å². The number of nitrogens with zero attached hydrogens (tertiary/aromatic N) is 2. The Labute approximate surface area is 119 Å². The van der Waals surface area contributed by atoms with Crippen LogP contribution >= 0.6 is 0 Å². The van der Waals surface area contributed by atoms with E-state index >= 15 is 0 Å². The summed E-state index contributed by atoms with van der Waals surface area (Å²) in [6, 6.07) is 0. The number of hydrogen-bond donors (Lipinski definition) is 2. The molecule has 0 aliphatic carbocycles. The average molecular weight is 302 g/mol. The Morgan fingerprint density at radius 1 is 1.35 bits per heavy atom. The first-order chi connectivity index (χ1) is 9.50. The number of aromatic nitrogens is 1. The van der Waals surface area contributed by atoms with E-state index in [1.54, 1.807) is 13.8 Å². The highest BCUT2D eigenvalue weighted by Gasteiger charge is 2.23. The standard InChI is InChI=1S/C12H22N4O3S/c1-10-12(11(2)19-15-10)20(17,18)14-4-3-7-16-8-5-13-6-9-16/h13-14H,3-9H2,1-2H3. The third-order valence-corrected chi connectivity index (χ3v) is 5.09. The van der Waals surface area contributed by atoms with E-state index in [4.69, 9.17) is 4.52 Å². The number of rotatable bonds is 6. The number of aryl methyl sites for hydroxylation is 2. The van der Waals surface area contributed by atoms with Gasteiger partial charge in [-0.15, -0.1) is 0 Å². The molecule has 0 radical (unpaired) electrons. The fourth-order valence-corrected chi connectivity index (χ4v) is 3.77. The van der Waals surface area contributed by atoms with Crippen molar-refractivity contribution in [3.8, 4) is 0 Å².